The van der Waals surface area contributed by atoms with Crippen molar-refractivity contribution >= 4 is 34.2 Å². The highest BCUT2D eigenvalue weighted by Gasteiger charge is 2.22. The van der Waals surface area contributed by atoms with Crippen LogP contribution in [0.2, 0.25) is 0 Å². The first-order valence-electron chi connectivity index (χ1n) is 7.86. The summed E-state index contributed by atoms with van der Waals surface area (Å²) in [5, 5.41) is 8.33. The molecule has 7 heteroatoms. The average Bonchev–Trinajstić information content (AvgIpc) is 3.35. The van der Waals surface area contributed by atoms with Gasteiger partial charge in [0.2, 0.25) is 0 Å². The lowest BCUT2D eigenvalue weighted by molar-refractivity contribution is 0.0735. The van der Waals surface area contributed by atoms with E-state index in [9.17, 15) is 4.79 Å². The van der Waals surface area contributed by atoms with E-state index in [1.54, 1.807) is 33.4 Å². The van der Waals surface area contributed by atoms with E-state index in [2.05, 4.69) is 22.2 Å². The van der Waals surface area contributed by atoms with Gasteiger partial charge in [-0.25, -0.2) is 9.50 Å². The zero-order chi connectivity index (χ0) is 17.2. The maximum Gasteiger partial charge on any atom is 0.259 e. The Labute approximate surface area is 153 Å². The number of aryl methyl sites for hydroxylation is 1. The molecule has 0 bridgehead atoms. The van der Waals surface area contributed by atoms with Crippen LogP contribution in [0.4, 0.5) is 0 Å². The smallest absolute Gasteiger partial charge is 0.259 e. The number of hydrogen-bond donors (Lipinski definition) is 0. The maximum absolute atomic E-state index is 13.2. The van der Waals surface area contributed by atoms with Crippen molar-refractivity contribution in [1.82, 2.24) is 19.5 Å². The van der Waals surface area contributed by atoms with Gasteiger partial charge in [-0.1, -0.05) is 12.1 Å². The Hall–Kier alpha value is -2.51. The van der Waals surface area contributed by atoms with E-state index < -0.39 is 0 Å². The lowest BCUT2D eigenvalue weighted by Gasteiger charge is -2.21. The Balaban J connectivity index is 1.69. The van der Waals surface area contributed by atoms with Crippen LogP contribution in [0.25, 0.3) is 5.65 Å². The van der Waals surface area contributed by atoms with Gasteiger partial charge in [-0.2, -0.15) is 5.10 Å². The van der Waals surface area contributed by atoms with Gasteiger partial charge in [0, 0.05) is 21.6 Å². The Morgan fingerprint density at radius 3 is 2.40 bits per heavy atom. The lowest BCUT2D eigenvalue weighted by Crippen LogP contribution is -2.29. The van der Waals surface area contributed by atoms with Gasteiger partial charge >= 0.3 is 0 Å². The Morgan fingerprint density at radius 2 is 1.80 bits per heavy atom. The van der Waals surface area contributed by atoms with Crippen molar-refractivity contribution in [2.75, 3.05) is 0 Å². The minimum Gasteiger partial charge on any atom is -0.328 e. The van der Waals surface area contributed by atoms with Gasteiger partial charge in [-0.15, -0.1) is 22.7 Å². The van der Waals surface area contributed by atoms with E-state index in [-0.39, 0.29) is 5.91 Å². The maximum atomic E-state index is 13.2. The van der Waals surface area contributed by atoms with Crippen molar-refractivity contribution in [2.24, 2.45) is 0 Å². The monoisotopic (exact) mass is 368 g/mol. The summed E-state index contributed by atoms with van der Waals surface area (Å²) >= 11 is 3.32. The van der Waals surface area contributed by atoms with Gasteiger partial charge in [0.25, 0.3) is 5.91 Å². The van der Waals surface area contributed by atoms with Crippen LogP contribution in [0, 0.1) is 6.92 Å². The first-order valence-corrected chi connectivity index (χ1v) is 9.61. The van der Waals surface area contributed by atoms with Crippen LogP contribution in [0.15, 0.2) is 53.5 Å². The minimum atomic E-state index is -0.0464. The van der Waals surface area contributed by atoms with Crippen molar-refractivity contribution in [3.05, 3.63) is 74.5 Å². The quantitative estimate of drug-likeness (QED) is 0.535. The van der Waals surface area contributed by atoms with Gasteiger partial charge < -0.3 is 4.90 Å². The number of amides is 1. The molecular formula is C18H16N4OS2. The first-order chi connectivity index (χ1) is 12.2. The predicted octanol–water partition coefficient (Wildman–Crippen LogP) is 4.00. The van der Waals surface area contributed by atoms with E-state index in [0.29, 0.717) is 24.3 Å². The van der Waals surface area contributed by atoms with Crippen molar-refractivity contribution in [1.29, 1.82) is 0 Å². The zero-order valence-electron chi connectivity index (χ0n) is 13.6. The summed E-state index contributed by atoms with van der Waals surface area (Å²) < 4.78 is 1.65. The van der Waals surface area contributed by atoms with Crippen molar-refractivity contribution in [3.8, 4) is 0 Å². The van der Waals surface area contributed by atoms with E-state index in [4.69, 9.17) is 0 Å². The molecule has 0 aliphatic heterocycles. The summed E-state index contributed by atoms with van der Waals surface area (Å²) in [6.07, 6.45) is 3.44. The number of hydrogen-bond acceptors (Lipinski definition) is 5. The van der Waals surface area contributed by atoms with Crippen LogP contribution in [-0.2, 0) is 13.1 Å². The molecule has 4 heterocycles. The molecule has 0 aliphatic rings. The molecule has 0 spiro atoms. The summed E-state index contributed by atoms with van der Waals surface area (Å²) in [6, 6.07) is 10.0. The van der Waals surface area contributed by atoms with Crippen molar-refractivity contribution in [2.45, 2.75) is 20.0 Å². The molecule has 4 rings (SSSR count). The van der Waals surface area contributed by atoms with Crippen LogP contribution in [0.1, 0.15) is 25.8 Å². The minimum absolute atomic E-state index is 0.0464. The molecule has 4 aromatic rings. The van der Waals surface area contributed by atoms with E-state index in [0.717, 1.165) is 15.4 Å². The standard InChI is InChI=1S/C18H16N4OS2/c1-13-6-7-22-17(20-13)16(10-19-22)18(23)21(11-14-4-2-8-24-14)12-15-5-3-9-25-15/h2-10H,11-12H2,1H3. The van der Waals surface area contributed by atoms with Crippen LogP contribution in [0.3, 0.4) is 0 Å². The van der Waals surface area contributed by atoms with Gasteiger partial charge in [0.1, 0.15) is 5.56 Å². The molecule has 4 aromatic heterocycles. The van der Waals surface area contributed by atoms with Crippen LogP contribution < -0.4 is 0 Å². The summed E-state index contributed by atoms with van der Waals surface area (Å²) in [5.74, 6) is -0.0464. The highest BCUT2D eigenvalue weighted by molar-refractivity contribution is 7.10. The van der Waals surface area contributed by atoms with E-state index in [1.165, 1.54) is 0 Å². The predicted molar refractivity (Wildman–Crippen MR) is 99.9 cm³/mol. The number of aromatic nitrogens is 3. The van der Waals surface area contributed by atoms with Gasteiger partial charge in [-0.05, 0) is 35.9 Å². The van der Waals surface area contributed by atoms with E-state index >= 15 is 0 Å². The van der Waals surface area contributed by atoms with Gasteiger partial charge in [0.15, 0.2) is 5.65 Å². The number of rotatable bonds is 5. The zero-order valence-corrected chi connectivity index (χ0v) is 15.3. The fourth-order valence-corrected chi connectivity index (χ4v) is 4.10. The number of thiophene rings is 2. The number of fused-ring (bicyclic) bond motifs is 1. The van der Waals surface area contributed by atoms with Crippen molar-refractivity contribution < 1.29 is 4.79 Å². The fraction of sp³-hybridized carbons (Fsp3) is 0.167. The third-order valence-corrected chi connectivity index (χ3v) is 5.60. The van der Waals surface area contributed by atoms with Crippen LogP contribution >= 0.6 is 22.7 Å². The topological polar surface area (TPSA) is 50.5 Å². The summed E-state index contributed by atoms with van der Waals surface area (Å²) in [4.78, 5) is 21.9. The Morgan fingerprint density at radius 1 is 1.12 bits per heavy atom. The van der Waals surface area contributed by atoms with Crippen LogP contribution in [-0.4, -0.2) is 25.4 Å². The third kappa shape index (κ3) is 3.33. The number of nitrogens with zero attached hydrogens (tertiary/aromatic N) is 4. The molecular weight excluding hydrogens is 352 g/mol. The third-order valence-electron chi connectivity index (χ3n) is 3.88. The molecule has 0 fully saturated rings. The molecule has 0 aromatic carbocycles. The molecule has 0 unspecified atom stereocenters. The number of carbonyl (C=O) groups excluding carboxylic acids is 1. The van der Waals surface area contributed by atoms with Crippen LogP contribution in [0.5, 0.6) is 0 Å². The molecule has 0 saturated carbocycles. The molecule has 5 nitrogen and oxygen atoms in total. The second kappa shape index (κ2) is 6.78. The molecule has 0 atom stereocenters. The molecule has 0 saturated heterocycles. The highest BCUT2D eigenvalue weighted by Crippen LogP contribution is 2.20. The Kier molecular flexibility index (Phi) is 4.33. The molecule has 0 radical (unpaired) electrons. The largest absolute Gasteiger partial charge is 0.328 e. The van der Waals surface area contributed by atoms with Crippen molar-refractivity contribution in [3.63, 3.8) is 0 Å². The van der Waals surface area contributed by atoms with E-state index in [1.807, 2.05) is 47.0 Å². The molecule has 0 aliphatic carbocycles. The summed E-state index contributed by atoms with van der Waals surface area (Å²) in [5.41, 5.74) is 2.01. The molecule has 25 heavy (non-hydrogen) atoms. The summed E-state index contributed by atoms with van der Waals surface area (Å²) in [6.45, 7) is 3.07. The summed E-state index contributed by atoms with van der Waals surface area (Å²) in [7, 11) is 0. The Bertz CT molecular complexity index is 953. The molecule has 1 amide bonds. The fourth-order valence-electron chi connectivity index (χ4n) is 2.66. The second-order valence-electron chi connectivity index (χ2n) is 5.72. The molecule has 0 N–H and O–H groups in total. The SMILES string of the molecule is Cc1ccn2ncc(C(=O)N(Cc3cccs3)Cc3cccs3)c2n1. The average molecular weight is 368 g/mol. The normalized spacial score (nSPS) is 11.1. The molecule has 126 valence electrons. The first kappa shape index (κ1) is 16.0. The highest BCUT2D eigenvalue weighted by atomic mass is 32.1. The van der Waals surface area contributed by atoms with Gasteiger partial charge in [0.05, 0.1) is 19.3 Å². The lowest BCUT2D eigenvalue weighted by atomic mass is 10.2. The second-order valence-corrected chi connectivity index (χ2v) is 7.78. The number of carbonyl (C=O) groups is 1. The van der Waals surface area contributed by atoms with Gasteiger partial charge in [-0.3, -0.25) is 4.79 Å².